The zero-order valence-corrected chi connectivity index (χ0v) is 14.1. The molecule has 0 aliphatic carbocycles. The third-order valence-corrected chi connectivity index (χ3v) is 3.98. The number of phenolic OH excluding ortho intramolecular Hbond substituents is 1. The van der Waals surface area contributed by atoms with E-state index in [1.54, 1.807) is 42.5 Å². The van der Waals surface area contributed by atoms with Crippen molar-refractivity contribution in [3.05, 3.63) is 89.8 Å². The number of hydrogen-bond acceptors (Lipinski definition) is 3. The third kappa shape index (κ3) is 3.81. The summed E-state index contributed by atoms with van der Waals surface area (Å²) in [6.45, 7) is 0. The topological polar surface area (TPSA) is 46.5 Å². The molecule has 3 aromatic carbocycles. The summed E-state index contributed by atoms with van der Waals surface area (Å²) in [5, 5.41) is 9.63. The summed E-state index contributed by atoms with van der Waals surface area (Å²) in [4.78, 5) is 12.7. The van der Waals surface area contributed by atoms with Crippen molar-refractivity contribution < 1.29 is 19.0 Å². The Hall–Kier alpha value is -3.40. The number of benzene rings is 3. The Bertz CT molecular complexity index is 959. The Morgan fingerprint density at radius 1 is 1.04 bits per heavy atom. The maximum atomic E-state index is 13.2. The highest BCUT2D eigenvalue weighted by Crippen LogP contribution is 2.27. The lowest BCUT2D eigenvalue weighted by Gasteiger charge is -2.07. The van der Waals surface area contributed by atoms with E-state index < -0.39 is 0 Å². The molecule has 130 valence electrons. The van der Waals surface area contributed by atoms with E-state index in [9.17, 15) is 14.3 Å². The van der Waals surface area contributed by atoms with Crippen LogP contribution in [-0.2, 0) is 0 Å². The van der Waals surface area contributed by atoms with E-state index in [-0.39, 0.29) is 17.3 Å². The third-order valence-electron chi connectivity index (χ3n) is 3.98. The molecule has 0 spiro atoms. The standard InChI is InChI=1S/C22H17FO3/c1-26-22-14-15(7-13-21(22)25)6-12-20(24)19-5-3-2-4-18(19)16-8-10-17(23)11-9-16/h2-14,25H,1H3/b12-6+. The van der Waals surface area contributed by atoms with Gasteiger partial charge in [0.2, 0.25) is 0 Å². The van der Waals surface area contributed by atoms with Gasteiger partial charge in [0.15, 0.2) is 17.3 Å². The van der Waals surface area contributed by atoms with Gasteiger partial charge in [-0.2, -0.15) is 0 Å². The van der Waals surface area contributed by atoms with Gasteiger partial charge < -0.3 is 9.84 Å². The number of allylic oxidation sites excluding steroid dienone is 1. The fraction of sp³-hybridized carbons (Fsp3) is 0.0455. The number of hydrogen-bond donors (Lipinski definition) is 1. The van der Waals surface area contributed by atoms with E-state index in [0.717, 1.165) is 16.7 Å². The molecule has 0 radical (unpaired) electrons. The lowest BCUT2D eigenvalue weighted by atomic mass is 9.96. The van der Waals surface area contributed by atoms with Gasteiger partial charge in [0.05, 0.1) is 7.11 Å². The quantitative estimate of drug-likeness (QED) is 0.515. The molecule has 0 fully saturated rings. The molecule has 3 aromatic rings. The van der Waals surface area contributed by atoms with Crippen LogP contribution in [0.15, 0.2) is 72.8 Å². The summed E-state index contributed by atoms with van der Waals surface area (Å²) in [5.41, 5.74) is 2.77. The molecule has 0 heterocycles. The minimum Gasteiger partial charge on any atom is -0.504 e. The van der Waals surface area contributed by atoms with E-state index in [1.165, 1.54) is 31.4 Å². The Balaban J connectivity index is 1.90. The van der Waals surface area contributed by atoms with Gasteiger partial charge in [0, 0.05) is 5.56 Å². The first kappa shape index (κ1) is 17.4. The molecule has 3 nitrogen and oxygen atoms in total. The van der Waals surface area contributed by atoms with Crippen molar-refractivity contribution in [2.24, 2.45) is 0 Å². The second-order valence-electron chi connectivity index (χ2n) is 5.68. The van der Waals surface area contributed by atoms with Gasteiger partial charge in [-0.1, -0.05) is 48.5 Å². The zero-order valence-electron chi connectivity index (χ0n) is 14.1. The number of ketones is 1. The van der Waals surface area contributed by atoms with Crippen LogP contribution in [0.5, 0.6) is 11.5 Å². The van der Waals surface area contributed by atoms with E-state index in [1.807, 2.05) is 12.1 Å². The molecule has 0 unspecified atom stereocenters. The summed E-state index contributed by atoms with van der Waals surface area (Å²) in [7, 11) is 1.46. The molecule has 0 amide bonds. The van der Waals surface area contributed by atoms with E-state index in [4.69, 9.17) is 4.74 Å². The average molecular weight is 348 g/mol. The highest BCUT2D eigenvalue weighted by atomic mass is 19.1. The number of phenols is 1. The molecule has 0 saturated carbocycles. The molecule has 0 aromatic heterocycles. The number of methoxy groups -OCH3 is 1. The van der Waals surface area contributed by atoms with Crippen LogP contribution in [0, 0.1) is 5.82 Å². The minimum absolute atomic E-state index is 0.0395. The number of aromatic hydroxyl groups is 1. The van der Waals surface area contributed by atoms with Crippen molar-refractivity contribution in [3.8, 4) is 22.6 Å². The highest BCUT2D eigenvalue weighted by molar-refractivity contribution is 6.10. The summed E-state index contributed by atoms with van der Waals surface area (Å²) in [6.07, 6.45) is 3.12. The molecule has 0 atom stereocenters. The molecule has 0 aliphatic heterocycles. The van der Waals surface area contributed by atoms with Crippen LogP contribution in [0.25, 0.3) is 17.2 Å². The zero-order chi connectivity index (χ0) is 18.5. The van der Waals surface area contributed by atoms with Gasteiger partial charge in [-0.25, -0.2) is 4.39 Å². The van der Waals surface area contributed by atoms with Gasteiger partial charge >= 0.3 is 0 Å². The predicted octanol–water partition coefficient (Wildman–Crippen LogP) is 5.10. The molecule has 0 aliphatic rings. The van der Waals surface area contributed by atoms with Crippen LogP contribution in [0.3, 0.4) is 0 Å². The lowest BCUT2D eigenvalue weighted by Crippen LogP contribution is -1.97. The average Bonchev–Trinajstić information content (AvgIpc) is 2.67. The Labute approximate surface area is 151 Å². The van der Waals surface area contributed by atoms with Crippen LogP contribution < -0.4 is 4.74 Å². The van der Waals surface area contributed by atoms with Crippen molar-refractivity contribution in [2.75, 3.05) is 7.11 Å². The van der Waals surface area contributed by atoms with Crippen molar-refractivity contribution in [1.29, 1.82) is 0 Å². The monoisotopic (exact) mass is 348 g/mol. The molecule has 4 heteroatoms. The number of ether oxygens (including phenoxy) is 1. The fourth-order valence-electron chi connectivity index (χ4n) is 2.64. The van der Waals surface area contributed by atoms with E-state index >= 15 is 0 Å². The first-order valence-corrected chi connectivity index (χ1v) is 8.03. The Morgan fingerprint density at radius 2 is 1.77 bits per heavy atom. The molecule has 26 heavy (non-hydrogen) atoms. The van der Waals surface area contributed by atoms with Gasteiger partial charge in [0.25, 0.3) is 0 Å². The van der Waals surface area contributed by atoms with Crippen molar-refractivity contribution in [1.82, 2.24) is 0 Å². The van der Waals surface area contributed by atoms with Crippen molar-refractivity contribution in [2.45, 2.75) is 0 Å². The second kappa shape index (κ2) is 7.66. The number of halogens is 1. The minimum atomic E-state index is -0.321. The van der Waals surface area contributed by atoms with Crippen LogP contribution in [-0.4, -0.2) is 18.0 Å². The van der Waals surface area contributed by atoms with Gasteiger partial charge in [-0.15, -0.1) is 0 Å². The molecule has 1 N–H and O–H groups in total. The number of rotatable bonds is 5. The maximum absolute atomic E-state index is 13.2. The van der Waals surface area contributed by atoms with Gasteiger partial charge in [0.1, 0.15) is 5.82 Å². The van der Waals surface area contributed by atoms with Crippen LogP contribution in [0.4, 0.5) is 4.39 Å². The molecular weight excluding hydrogens is 331 g/mol. The van der Waals surface area contributed by atoms with Gasteiger partial charge in [-0.05, 0) is 47.0 Å². The lowest BCUT2D eigenvalue weighted by molar-refractivity contribution is 0.104. The predicted molar refractivity (Wildman–Crippen MR) is 99.9 cm³/mol. The summed E-state index contributed by atoms with van der Waals surface area (Å²) >= 11 is 0. The number of carbonyl (C=O) groups is 1. The smallest absolute Gasteiger partial charge is 0.186 e. The summed E-state index contributed by atoms with van der Waals surface area (Å²) in [5.74, 6) is -0.111. The largest absolute Gasteiger partial charge is 0.504 e. The maximum Gasteiger partial charge on any atom is 0.186 e. The Kier molecular flexibility index (Phi) is 5.13. The normalized spacial score (nSPS) is 10.8. The van der Waals surface area contributed by atoms with Crippen molar-refractivity contribution >= 4 is 11.9 Å². The summed E-state index contributed by atoms with van der Waals surface area (Å²) < 4.78 is 18.2. The van der Waals surface area contributed by atoms with Crippen LogP contribution >= 0.6 is 0 Å². The van der Waals surface area contributed by atoms with Crippen LogP contribution in [0.2, 0.25) is 0 Å². The molecule has 0 bridgehead atoms. The first-order valence-electron chi connectivity index (χ1n) is 8.03. The van der Waals surface area contributed by atoms with E-state index in [2.05, 4.69) is 0 Å². The number of carbonyl (C=O) groups excluding carboxylic acids is 1. The second-order valence-corrected chi connectivity index (χ2v) is 5.68. The molecular formula is C22H17FO3. The first-order chi connectivity index (χ1) is 12.6. The fourth-order valence-corrected chi connectivity index (χ4v) is 2.64. The molecule has 3 rings (SSSR count). The van der Waals surface area contributed by atoms with Crippen LogP contribution in [0.1, 0.15) is 15.9 Å². The Morgan fingerprint density at radius 3 is 2.50 bits per heavy atom. The van der Waals surface area contributed by atoms with Gasteiger partial charge in [-0.3, -0.25) is 4.79 Å². The SMILES string of the molecule is COc1cc(/C=C/C(=O)c2ccccc2-c2ccc(F)cc2)ccc1O. The van der Waals surface area contributed by atoms with Crippen molar-refractivity contribution in [3.63, 3.8) is 0 Å². The molecule has 0 saturated heterocycles. The summed E-state index contributed by atoms with van der Waals surface area (Å²) in [6, 6.07) is 18.1. The highest BCUT2D eigenvalue weighted by Gasteiger charge is 2.10. The van der Waals surface area contributed by atoms with E-state index in [0.29, 0.717) is 11.3 Å².